The quantitative estimate of drug-likeness (QED) is 0.439. The summed E-state index contributed by atoms with van der Waals surface area (Å²) >= 11 is 0. The molecule has 9 heteroatoms. The van der Waals surface area contributed by atoms with Gasteiger partial charge in [0.05, 0.1) is 6.61 Å². The molecule has 0 aliphatic carbocycles. The van der Waals surface area contributed by atoms with Gasteiger partial charge in [-0.25, -0.2) is 4.57 Å². The van der Waals surface area contributed by atoms with Gasteiger partial charge in [0.2, 0.25) is 0 Å². The Morgan fingerprint density at radius 3 is 2.25 bits per heavy atom. The number of hydrogen-bond donors (Lipinski definition) is 4. The highest BCUT2D eigenvalue weighted by atomic mass is 31.2. The van der Waals surface area contributed by atoms with E-state index < -0.39 is 34.8 Å². The molecule has 2 unspecified atom stereocenters. The maximum absolute atomic E-state index is 10.2. The van der Waals surface area contributed by atoms with Crippen molar-refractivity contribution in [1.82, 2.24) is 0 Å². The summed E-state index contributed by atoms with van der Waals surface area (Å²) in [7, 11) is -5.59. The van der Waals surface area contributed by atoms with E-state index in [9.17, 15) is 9.13 Å². The maximum Gasteiger partial charge on any atom is 0.470 e. The van der Waals surface area contributed by atoms with Crippen molar-refractivity contribution in [2.24, 2.45) is 0 Å². The summed E-state index contributed by atoms with van der Waals surface area (Å²) in [5, 5.41) is 17.1. The first-order valence-electron chi connectivity index (χ1n) is 2.76. The smallest absolute Gasteiger partial charge is 0.394 e. The highest BCUT2D eigenvalue weighted by molar-refractivity contribution is 7.46. The van der Waals surface area contributed by atoms with Gasteiger partial charge >= 0.3 is 7.82 Å². The van der Waals surface area contributed by atoms with E-state index in [1.165, 1.54) is 0 Å². The fourth-order valence-corrected chi connectivity index (χ4v) is 1.57. The van der Waals surface area contributed by atoms with Crippen LogP contribution in [0.25, 0.3) is 0 Å². The van der Waals surface area contributed by atoms with Crippen molar-refractivity contribution in [2.45, 2.75) is 11.9 Å². The molecule has 72 valence electrons. The van der Waals surface area contributed by atoms with Crippen LogP contribution in [0.5, 0.6) is 0 Å². The number of aliphatic hydroxyl groups excluding tert-OH is 2. The molecule has 12 heavy (non-hydrogen) atoms. The van der Waals surface area contributed by atoms with Crippen molar-refractivity contribution >= 4 is 16.3 Å². The van der Waals surface area contributed by atoms with Crippen LogP contribution in [-0.2, 0) is 13.7 Å². The lowest BCUT2D eigenvalue weighted by Gasteiger charge is -2.14. The van der Waals surface area contributed by atoms with E-state index in [4.69, 9.17) is 20.0 Å². The van der Waals surface area contributed by atoms with Gasteiger partial charge in [-0.15, -0.1) is 0 Å². The monoisotopic (exact) mass is 218 g/mol. The molecule has 7 nitrogen and oxygen atoms in total. The molecule has 0 aliphatic rings. The predicted molar refractivity (Wildman–Crippen MR) is 37.6 cm³/mol. The molecule has 0 aromatic carbocycles. The zero-order chi connectivity index (χ0) is 9.78. The fraction of sp³-hybridized carbons (Fsp3) is 1.00. The summed E-state index contributed by atoms with van der Waals surface area (Å²) in [6, 6.07) is 0. The van der Waals surface area contributed by atoms with Gasteiger partial charge in [-0.2, -0.15) is 0 Å². The second kappa shape index (κ2) is 4.99. The van der Waals surface area contributed by atoms with Gasteiger partial charge in [0.25, 0.3) is 0 Å². The van der Waals surface area contributed by atoms with Crippen LogP contribution < -0.4 is 0 Å². The summed E-state index contributed by atoms with van der Waals surface area (Å²) in [6.45, 7) is -0.792. The zero-order valence-electron chi connectivity index (χ0n) is 5.77. The average Bonchev–Trinajstić information content (AvgIpc) is 1.97. The maximum atomic E-state index is 10.2. The van der Waals surface area contributed by atoms with Gasteiger partial charge in [-0.1, -0.05) is 0 Å². The molecule has 0 aromatic heterocycles. The van der Waals surface area contributed by atoms with E-state index in [2.05, 4.69) is 4.52 Å². The first kappa shape index (κ1) is 12.1. The largest absolute Gasteiger partial charge is 0.470 e. The third-order valence-electron chi connectivity index (χ3n) is 0.865. The molecule has 0 amide bonds. The Balaban J connectivity index is 4.18. The van der Waals surface area contributed by atoms with Crippen molar-refractivity contribution in [3.8, 4) is 0 Å². The minimum Gasteiger partial charge on any atom is -0.394 e. The lowest BCUT2D eigenvalue weighted by molar-refractivity contribution is 0.0238. The summed E-state index contributed by atoms with van der Waals surface area (Å²) in [5.41, 5.74) is 0. The van der Waals surface area contributed by atoms with E-state index in [0.717, 1.165) is 0 Å². The van der Waals surface area contributed by atoms with Crippen molar-refractivity contribution in [3.05, 3.63) is 0 Å². The van der Waals surface area contributed by atoms with Crippen LogP contribution in [0.1, 0.15) is 0 Å². The summed E-state index contributed by atoms with van der Waals surface area (Å²) in [4.78, 5) is 16.4. The molecule has 0 fully saturated rings. The normalized spacial score (nSPS) is 17.7. The van der Waals surface area contributed by atoms with Crippen LogP contribution in [0, 0.1) is 0 Å². The molecular formula is C3H8O7P2. The average molecular weight is 218 g/mol. The van der Waals surface area contributed by atoms with Gasteiger partial charge in [0.1, 0.15) is 6.10 Å². The predicted octanol–water partition coefficient (Wildman–Crippen LogP) is -0.933. The second-order valence-electron chi connectivity index (χ2n) is 1.84. The molecule has 0 aromatic rings. The Morgan fingerprint density at radius 2 is 2.00 bits per heavy atom. The molecule has 2 atom stereocenters. The lowest BCUT2D eigenvalue weighted by atomic mass is 10.4. The zero-order valence-corrected chi connectivity index (χ0v) is 7.56. The van der Waals surface area contributed by atoms with E-state index in [1.54, 1.807) is 0 Å². The highest BCUT2D eigenvalue weighted by Gasteiger charge is 2.28. The van der Waals surface area contributed by atoms with E-state index in [1.807, 2.05) is 0 Å². The Bertz CT molecular complexity index is 187. The standard InChI is InChI=1S/C3H8O7P2/c4-1-2(5)3(11-6)10-12(7,8)9/h2-5H,1H2,(H2,7,8,9). The van der Waals surface area contributed by atoms with Crippen molar-refractivity contribution in [3.63, 3.8) is 0 Å². The van der Waals surface area contributed by atoms with Crippen LogP contribution in [0.3, 0.4) is 0 Å². The lowest BCUT2D eigenvalue weighted by Crippen LogP contribution is -2.26. The molecule has 0 saturated carbocycles. The van der Waals surface area contributed by atoms with Crippen LogP contribution in [0.4, 0.5) is 0 Å². The number of phosphoric acid groups is 1. The van der Waals surface area contributed by atoms with Gasteiger partial charge in [-0.3, -0.25) is 9.09 Å². The van der Waals surface area contributed by atoms with Crippen molar-refractivity contribution in [2.75, 3.05) is 6.61 Å². The Hall–Kier alpha value is 0.130. The molecule has 0 rings (SSSR count). The third kappa shape index (κ3) is 4.90. The van der Waals surface area contributed by atoms with Crippen LogP contribution in [0.2, 0.25) is 0 Å². The van der Waals surface area contributed by atoms with E-state index in [0.29, 0.717) is 0 Å². The molecular weight excluding hydrogens is 210 g/mol. The van der Waals surface area contributed by atoms with Gasteiger partial charge in [0.15, 0.2) is 14.3 Å². The number of aliphatic hydroxyl groups is 2. The molecule has 4 N–H and O–H groups in total. The molecule has 0 bridgehead atoms. The molecule has 0 aliphatic heterocycles. The van der Waals surface area contributed by atoms with Crippen LogP contribution >= 0.6 is 16.3 Å². The van der Waals surface area contributed by atoms with Crippen molar-refractivity contribution < 1.29 is 33.7 Å². The Kier molecular flexibility index (Phi) is 5.04. The van der Waals surface area contributed by atoms with Gasteiger partial charge in [0, 0.05) is 0 Å². The van der Waals surface area contributed by atoms with Crippen LogP contribution in [-0.4, -0.2) is 38.6 Å². The van der Waals surface area contributed by atoms with E-state index in [-0.39, 0.29) is 0 Å². The summed E-state index contributed by atoms with van der Waals surface area (Å²) < 4.78 is 24.2. The SMILES string of the molecule is O=PC(OP(=O)(O)O)C(O)CO. The molecule has 0 heterocycles. The Labute approximate surface area is 69.4 Å². The molecule has 0 spiro atoms. The summed E-state index contributed by atoms with van der Waals surface area (Å²) in [5.74, 6) is -1.61. The first-order chi connectivity index (χ1) is 5.40. The second-order valence-corrected chi connectivity index (χ2v) is 3.75. The highest BCUT2D eigenvalue weighted by Crippen LogP contribution is 2.40. The topological polar surface area (TPSA) is 124 Å². The van der Waals surface area contributed by atoms with Crippen molar-refractivity contribution in [1.29, 1.82) is 0 Å². The van der Waals surface area contributed by atoms with E-state index >= 15 is 0 Å². The third-order valence-corrected chi connectivity index (χ3v) is 2.19. The fourth-order valence-electron chi connectivity index (χ4n) is 0.391. The molecule has 0 saturated heterocycles. The Morgan fingerprint density at radius 1 is 1.50 bits per heavy atom. The number of hydrogen-bond acceptors (Lipinski definition) is 5. The minimum atomic E-state index is -4.78. The van der Waals surface area contributed by atoms with Gasteiger partial charge < -0.3 is 20.0 Å². The minimum absolute atomic E-state index is 0.792. The number of phosphoric ester groups is 1. The number of rotatable bonds is 5. The van der Waals surface area contributed by atoms with Crippen LogP contribution in [0.15, 0.2) is 0 Å². The first-order valence-corrected chi connectivity index (χ1v) is 5.17. The van der Waals surface area contributed by atoms with Gasteiger partial charge in [-0.05, 0) is 0 Å². The molecule has 0 radical (unpaired) electrons. The summed E-state index contributed by atoms with van der Waals surface area (Å²) in [6.07, 6.45) is -1.59.